The van der Waals surface area contributed by atoms with Crippen LogP contribution in [0.2, 0.25) is 5.02 Å². The van der Waals surface area contributed by atoms with E-state index < -0.39 is 16.7 Å². The molecule has 0 saturated heterocycles. The number of nitrogens with zero attached hydrogens (tertiary/aromatic N) is 2. The predicted octanol–water partition coefficient (Wildman–Crippen LogP) is 5.52. The van der Waals surface area contributed by atoms with Crippen LogP contribution in [0.15, 0.2) is 72.4 Å². The topological polar surface area (TPSA) is 92.6 Å². The molecule has 0 aliphatic carbocycles. The van der Waals surface area contributed by atoms with Gasteiger partial charge in [-0.1, -0.05) is 36.7 Å². The first-order chi connectivity index (χ1) is 15.8. The number of rotatable bonds is 6. The summed E-state index contributed by atoms with van der Waals surface area (Å²) in [5.41, 5.74) is 3.45. The van der Waals surface area contributed by atoms with E-state index in [2.05, 4.69) is 5.32 Å². The molecule has 3 aromatic rings. The fourth-order valence-electron chi connectivity index (χ4n) is 3.64. The molecule has 8 heteroatoms. The number of aryl methyl sites for hydroxylation is 2. The van der Waals surface area contributed by atoms with Gasteiger partial charge in [-0.15, -0.1) is 0 Å². The zero-order chi connectivity index (χ0) is 23.7. The highest BCUT2D eigenvalue weighted by atomic mass is 35.5. The number of carbonyl (C=O) groups excluding carboxylic acids is 2. The first-order valence-electron chi connectivity index (χ1n) is 10.3. The third-order valence-electron chi connectivity index (χ3n) is 5.51. The summed E-state index contributed by atoms with van der Waals surface area (Å²) in [7, 11) is 0. The molecule has 0 aromatic heterocycles. The van der Waals surface area contributed by atoms with Crippen molar-refractivity contribution in [3.05, 3.63) is 104 Å². The van der Waals surface area contributed by atoms with E-state index in [4.69, 9.17) is 11.6 Å². The number of nitrogens with one attached hydrogen (secondary N) is 1. The number of imide groups is 1. The summed E-state index contributed by atoms with van der Waals surface area (Å²) >= 11 is 6.14. The summed E-state index contributed by atoms with van der Waals surface area (Å²) in [5.74, 6) is -1.03. The Morgan fingerprint density at radius 2 is 1.64 bits per heavy atom. The molecule has 166 valence electrons. The normalized spacial score (nSPS) is 13.6. The number of hydrogen-bond donors (Lipinski definition) is 1. The van der Waals surface area contributed by atoms with Crippen molar-refractivity contribution in [2.45, 2.75) is 20.3 Å². The van der Waals surface area contributed by atoms with E-state index in [1.165, 1.54) is 24.3 Å². The fourth-order valence-corrected chi connectivity index (χ4v) is 3.81. The van der Waals surface area contributed by atoms with E-state index in [0.29, 0.717) is 22.0 Å². The molecule has 2 amide bonds. The molecule has 1 aliphatic heterocycles. The zero-order valence-corrected chi connectivity index (χ0v) is 18.7. The highest BCUT2D eigenvalue weighted by Crippen LogP contribution is 2.35. The van der Waals surface area contributed by atoms with Gasteiger partial charge < -0.3 is 5.32 Å². The van der Waals surface area contributed by atoms with Crippen molar-refractivity contribution in [3.8, 4) is 0 Å². The maximum Gasteiger partial charge on any atom is 0.282 e. The lowest BCUT2D eigenvalue weighted by atomic mass is 10.0. The standard InChI is InChI=1S/C25H20ClN3O4/c1-3-16-5-10-19(11-6-16)28-24(30)22(17-7-12-20(13-8-17)29(32)33)23(25(28)31)27-21-14-18(26)9-4-15(21)2/h4-14,27H,3H2,1-2H3. The van der Waals surface area contributed by atoms with E-state index >= 15 is 0 Å². The van der Waals surface area contributed by atoms with Gasteiger partial charge in [0.25, 0.3) is 17.5 Å². The monoisotopic (exact) mass is 461 g/mol. The summed E-state index contributed by atoms with van der Waals surface area (Å²) < 4.78 is 0. The van der Waals surface area contributed by atoms with E-state index in [-0.39, 0.29) is 17.0 Å². The first kappa shape index (κ1) is 22.2. The molecule has 0 saturated carbocycles. The van der Waals surface area contributed by atoms with Crippen molar-refractivity contribution < 1.29 is 14.5 Å². The van der Waals surface area contributed by atoms with Crippen LogP contribution in [0.5, 0.6) is 0 Å². The van der Waals surface area contributed by atoms with Crippen LogP contribution in [-0.2, 0) is 16.0 Å². The van der Waals surface area contributed by atoms with Gasteiger partial charge >= 0.3 is 0 Å². The van der Waals surface area contributed by atoms with Gasteiger partial charge in [0.15, 0.2) is 0 Å². The Bertz CT molecular complexity index is 1300. The quantitative estimate of drug-likeness (QED) is 0.296. The minimum Gasteiger partial charge on any atom is -0.350 e. The van der Waals surface area contributed by atoms with Gasteiger partial charge in [-0.2, -0.15) is 0 Å². The third-order valence-corrected chi connectivity index (χ3v) is 5.75. The van der Waals surface area contributed by atoms with Crippen LogP contribution >= 0.6 is 11.6 Å². The Hall–Kier alpha value is -3.97. The smallest absolute Gasteiger partial charge is 0.282 e. The van der Waals surface area contributed by atoms with Crippen LogP contribution in [0.4, 0.5) is 17.1 Å². The highest BCUT2D eigenvalue weighted by Gasteiger charge is 2.40. The lowest BCUT2D eigenvalue weighted by Crippen LogP contribution is -2.32. The highest BCUT2D eigenvalue weighted by molar-refractivity contribution is 6.46. The van der Waals surface area contributed by atoms with E-state index in [0.717, 1.165) is 22.4 Å². The Morgan fingerprint density at radius 1 is 0.970 bits per heavy atom. The van der Waals surface area contributed by atoms with Gasteiger partial charge in [-0.25, -0.2) is 4.90 Å². The van der Waals surface area contributed by atoms with E-state index in [9.17, 15) is 19.7 Å². The number of amides is 2. The largest absolute Gasteiger partial charge is 0.350 e. The lowest BCUT2D eigenvalue weighted by Gasteiger charge is -2.16. The molecule has 4 rings (SSSR count). The lowest BCUT2D eigenvalue weighted by molar-refractivity contribution is -0.384. The maximum absolute atomic E-state index is 13.5. The second kappa shape index (κ2) is 8.88. The maximum atomic E-state index is 13.5. The number of nitro groups is 1. The van der Waals surface area contributed by atoms with Gasteiger partial charge in [0.05, 0.1) is 16.2 Å². The first-order valence-corrected chi connectivity index (χ1v) is 10.7. The van der Waals surface area contributed by atoms with Crippen LogP contribution < -0.4 is 10.2 Å². The van der Waals surface area contributed by atoms with Gasteiger partial charge in [0.1, 0.15) is 5.70 Å². The number of carbonyl (C=O) groups is 2. The molecule has 0 fully saturated rings. The minimum absolute atomic E-state index is 0.0822. The van der Waals surface area contributed by atoms with Crippen molar-refractivity contribution in [1.29, 1.82) is 0 Å². The Labute approximate surface area is 195 Å². The second-order valence-corrected chi connectivity index (χ2v) is 8.04. The number of halogens is 1. The van der Waals surface area contributed by atoms with Crippen molar-refractivity contribution in [3.63, 3.8) is 0 Å². The van der Waals surface area contributed by atoms with E-state index in [1.54, 1.807) is 30.3 Å². The number of benzene rings is 3. The minimum atomic E-state index is -0.518. The van der Waals surface area contributed by atoms with Crippen molar-refractivity contribution in [2.75, 3.05) is 10.2 Å². The Kier molecular flexibility index (Phi) is 5.98. The molecule has 0 unspecified atom stereocenters. The van der Waals surface area contributed by atoms with Crippen molar-refractivity contribution >= 4 is 46.1 Å². The number of nitro benzene ring substituents is 1. The molecule has 0 radical (unpaired) electrons. The van der Waals surface area contributed by atoms with Gasteiger partial charge in [0, 0.05) is 22.8 Å². The van der Waals surface area contributed by atoms with Gasteiger partial charge in [-0.05, 0) is 66.4 Å². The third kappa shape index (κ3) is 4.23. The molecule has 1 heterocycles. The Morgan fingerprint density at radius 3 is 2.24 bits per heavy atom. The molecule has 0 spiro atoms. The van der Waals surface area contributed by atoms with E-state index in [1.807, 2.05) is 26.0 Å². The molecule has 1 aliphatic rings. The van der Waals surface area contributed by atoms with Crippen LogP contribution in [0.3, 0.4) is 0 Å². The van der Waals surface area contributed by atoms with Crippen LogP contribution in [0, 0.1) is 17.0 Å². The molecule has 0 bridgehead atoms. The summed E-state index contributed by atoms with van der Waals surface area (Å²) in [4.78, 5) is 38.6. The second-order valence-electron chi connectivity index (χ2n) is 7.60. The summed E-state index contributed by atoms with van der Waals surface area (Å²) in [6, 6.07) is 18.0. The van der Waals surface area contributed by atoms with Gasteiger partial charge in [0.2, 0.25) is 0 Å². The van der Waals surface area contributed by atoms with Gasteiger partial charge in [-0.3, -0.25) is 19.7 Å². The summed E-state index contributed by atoms with van der Waals surface area (Å²) in [5, 5.41) is 14.6. The zero-order valence-electron chi connectivity index (χ0n) is 18.0. The molecule has 0 atom stereocenters. The van der Waals surface area contributed by atoms with Crippen molar-refractivity contribution in [2.24, 2.45) is 0 Å². The fraction of sp³-hybridized carbons (Fsp3) is 0.120. The number of non-ortho nitro benzene ring substituents is 1. The molecule has 7 nitrogen and oxygen atoms in total. The molecule has 3 aromatic carbocycles. The molecule has 1 N–H and O–H groups in total. The molecule has 33 heavy (non-hydrogen) atoms. The summed E-state index contributed by atoms with van der Waals surface area (Å²) in [6.45, 7) is 3.87. The van der Waals surface area contributed by atoms with Crippen LogP contribution in [0.1, 0.15) is 23.6 Å². The average Bonchev–Trinajstić information content (AvgIpc) is 3.05. The predicted molar refractivity (Wildman–Crippen MR) is 128 cm³/mol. The number of anilines is 2. The molecular formula is C25H20ClN3O4. The average molecular weight is 462 g/mol. The Balaban J connectivity index is 1.82. The SMILES string of the molecule is CCc1ccc(N2C(=O)C(Nc3cc(Cl)ccc3C)=C(c3ccc([N+](=O)[O-])cc3)C2=O)cc1. The molecular weight excluding hydrogens is 442 g/mol. The van der Waals surface area contributed by atoms with Crippen LogP contribution in [-0.4, -0.2) is 16.7 Å². The number of hydrogen-bond acceptors (Lipinski definition) is 5. The summed E-state index contributed by atoms with van der Waals surface area (Å²) in [6.07, 6.45) is 0.829. The van der Waals surface area contributed by atoms with Crippen molar-refractivity contribution in [1.82, 2.24) is 0 Å². The van der Waals surface area contributed by atoms with Crippen LogP contribution in [0.25, 0.3) is 5.57 Å².